The van der Waals surface area contributed by atoms with Crippen molar-refractivity contribution in [2.24, 2.45) is 0 Å². The lowest BCUT2D eigenvalue weighted by molar-refractivity contribution is 0.620. The Bertz CT molecular complexity index is 2170. The Morgan fingerprint density at radius 2 is 1.23 bits per heavy atom. The molecule has 8 rings (SSSR count). The Morgan fingerprint density at radius 3 is 2.18 bits per heavy atom. The van der Waals surface area contributed by atoms with Gasteiger partial charge in [0.15, 0.2) is 5.58 Å². The number of para-hydroxylation sites is 3. The molecule has 0 bridgehead atoms. The summed E-state index contributed by atoms with van der Waals surface area (Å²) in [7, 11) is 0. The summed E-state index contributed by atoms with van der Waals surface area (Å²) in [5.41, 5.74) is 9.41. The average Bonchev–Trinajstić information content (AvgIpc) is 3.45. The van der Waals surface area contributed by atoms with E-state index in [2.05, 4.69) is 59.6 Å². The molecule has 0 saturated heterocycles. The van der Waals surface area contributed by atoms with Crippen LogP contribution in [0.25, 0.3) is 77.5 Å². The summed E-state index contributed by atoms with van der Waals surface area (Å²) in [5.74, 6) is 0.590. The van der Waals surface area contributed by atoms with Crippen molar-refractivity contribution in [3.63, 3.8) is 0 Å². The van der Waals surface area contributed by atoms with Crippen molar-refractivity contribution in [3.05, 3.63) is 122 Å². The van der Waals surface area contributed by atoms with E-state index in [1.165, 1.54) is 0 Å². The first-order chi connectivity index (χ1) is 19.3. The van der Waals surface area contributed by atoms with Gasteiger partial charge in [0.1, 0.15) is 5.52 Å². The first kappa shape index (κ1) is 21.6. The summed E-state index contributed by atoms with van der Waals surface area (Å²) in [4.78, 5) is 18.9. The number of fused-ring (bicyclic) bond motifs is 5. The molecular weight excluding hydrogens is 480 g/mol. The molecule has 5 nitrogen and oxygen atoms in total. The number of oxazole rings is 1. The van der Waals surface area contributed by atoms with Crippen molar-refractivity contribution in [1.29, 1.82) is 0 Å². The molecule has 39 heavy (non-hydrogen) atoms. The molecule has 0 spiro atoms. The topological polar surface area (TPSA) is 64.7 Å². The molecule has 0 aliphatic heterocycles. The summed E-state index contributed by atoms with van der Waals surface area (Å²) in [6.45, 7) is 0. The lowest BCUT2D eigenvalue weighted by Gasteiger charge is -2.13. The van der Waals surface area contributed by atoms with Crippen LogP contribution in [0, 0.1) is 0 Å². The van der Waals surface area contributed by atoms with Crippen LogP contribution in [0.4, 0.5) is 0 Å². The lowest BCUT2D eigenvalue weighted by atomic mass is 9.93. The van der Waals surface area contributed by atoms with Crippen LogP contribution in [0.3, 0.4) is 0 Å². The molecule has 182 valence electrons. The second-order valence-corrected chi connectivity index (χ2v) is 9.60. The maximum absolute atomic E-state index is 6.11. The largest absolute Gasteiger partial charge is 0.436 e. The highest BCUT2D eigenvalue weighted by Gasteiger charge is 2.15. The predicted octanol–water partition coefficient (Wildman–Crippen LogP) is 8.47. The molecule has 0 amide bonds. The van der Waals surface area contributed by atoms with E-state index >= 15 is 0 Å². The van der Waals surface area contributed by atoms with Gasteiger partial charge in [-0.25, -0.2) is 4.98 Å². The van der Waals surface area contributed by atoms with Gasteiger partial charge in [0.25, 0.3) is 0 Å². The summed E-state index contributed by atoms with van der Waals surface area (Å²) in [6.07, 6.45) is 5.68. The van der Waals surface area contributed by atoms with Gasteiger partial charge in [0.05, 0.1) is 16.6 Å². The quantitative estimate of drug-likeness (QED) is 0.228. The van der Waals surface area contributed by atoms with E-state index in [4.69, 9.17) is 19.4 Å². The molecule has 4 aromatic heterocycles. The van der Waals surface area contributed by atoms with Crippen LogP contribution in [0.15, 0.2) is 126 Å². The fourth-order valence-corrected chi connectivity index (χ4v) is 5.27. The molecule has 0 aliphatic carbocycles. The van der Waals surface area contributed by atoms with Gasteiger partial charge < -0.3 is 4.42 Å². The zero-order chi connectivity index (χ0) is 25.8. The van der Waals surface area contributed by atoms with Gasteiger partial charge in [-0.05, 0) is 59.7 Å². The molecule has 0 unspecified atom stereocenters. The Morgan fingerprint density at radius 1 is 0.487 bits per heavy atom. The Kier molecular flexibility index (Phi) is 4.76. The van der Waals surface area contributed by atoms with Crippen molar-refractivity contribution < 1.29 is 4.42 Å². The minimum Gasteiger partial charge on any atom is -0.436 e. The summed E-state index contributed by atoms with van der Waals surface area (Å²) >= 11 is 0. The summed E-state index contributed by atoms with van der Waals surface area (Å²) in [6, 6.07) is 34.9. The lowest BCUT2D eigenvalue weighted by Crippen LogP contribution is -1.91. The zero-order valence-corrected chi connectivity index (χ0v) is 20.7. The normalized spacial score (nSPS) is 11.6. The molecule has 0 aliphatic rings. The molecule has 5 heteroatoms. The van der Waals surface area contributed by atoms with E-state index in [0.717, 1.165) is 71.6 Å². The fourth-order valence-electron chi connectivity index (χ4n) is 5.27. The van der Waals surface area contributed by atoms with Crippen LogP contribution in [-0.4, -0.2) is 19.9 Å². The van der Waals surface area contributed by atoms with E-state index in [1.54, 1.807) is 0 Å². The highest BCUT2D eigenvalue weighted by Crippen LogP contribution is 2.38. The molecule has 4 aromatic carbocycles. The summed E-state index contributed by atoms with van der Waals surface area (Å²) in [5, 5.41) is 3.21. The van der Waals surface area contributed by atoms with Gasteiger partial charge in [-0.3, -0.25) is 15.0 Å². The Balaban J connectivity index is 1.34. The zero-order valence-electron chi connectivity index (χ0n) is 20.7. The van der Waals surface area contributed by atoms with E-state index in [-0.39, 0.29) is 0 Å². The Labute approximate surface area is 223 Å². The third kappa shape index (κ3) is 3.63. The molecular formula is C34H20N4O. The van der Waals surface area contributed by atoms with E-state index in [9.17, 15) is 0 Å². The highest BCUT2D eigenvalue weighted by molar-refractivity contribution is 6.04. The molecule has 0 saturated carbocycles. The van der Waals surface area contributed by atoms with Crippen LogP contribution in [0.2, 0.25) is 0 Å². The number of benzene rings is 4. The first-order valence-corrected chi connectivity index (χ1v) is 12.8. The van der Waals surface area contributed by atoms with Crippen molar-refractivity contribution in [1.82, 2.24) is 19.9 Å². The monoisotopic (exact) mass is 500 g/mol. The van der Waals surface area contributed by atoms with Crippen molar-refractivity contribution >= 4 is 43.8 Å². The second-order valence-electron chi connectivity index (χ2n) is 9.60. The Hall–Kier alpha value is -5.42. The van der Waals surface area contributed by atoms with Crippen molar-refractivity contribution in [2.75, 3.05) is 0 Å². The molecule has 8 aromatic rings. The van der Waals surface area contributed by atoms with Crippen LogP contribution >= 0.6 is 0 Å². The minimum absolute atomic E-state index is 0.590. The number of hydrogen-bond donors (Lipinski definition) is 0. The first-order valence-electron chi connectivity index (χ1n) is 12.8. The van der Waals surface area contributed by atoms with E-state index in [1.807, 2.05) is 67.1 Å². The standard InChI is InChI=1S/C34H20N4O/c1-2-8-29-22(6-1)16-26(19-36-29)28-18-24(34-38-30-9-3-4-10-31(30)39-34)13-14-27(28)25-17-23-12-11-21-7-5-15-35-32(21)33(23)37-20-25/h1-20H. The predicted molar refractivity (Wildman–Crippen MR) is 156 cm³/mol. The van der Waals surface area contributed by atoms with Gasteiger partial charge >= 0.3 is 0 Å². The maximum Gasteiger partial charge on any atom is 0.227 e. The van der Waals surface area contributed by atoms with Gasteiger partial charge in [-0.2, -0.15) is 0 Å². The summed E-state index contributed by atoms with van der Waals surface area (Å²) < 4.78 is 6.11. The number of hydrogen-bond acceptors (Lipinski definition) is 5. The third-order valence-electron chi connectivity index (χ3n) is 7.20. The van der Waals surface area contributed by atoms with Crippen LogP contribution in [-0.2, 0) is 0 Å². The van der Waals surface area contributed by atoms with E-state index in [0.29, 0.717) is 5.89 Å². The molecule has 0 N–H and O–H groups in total. The fraction of sp³-hybridized carbons (Fsp3) is 0. The molecule has 0 radical (unpaired) electrons. The molecule has 4 heterocycles. The average molecular weight is 501 g/mol. The number of aromatic nitrogens is 4. The minimum atomic E-state index is 0.590. The highest BCUT2D eigenvalue weighted by atomic mass is 16.3. The van der Waals surface area contributed by atoms with Crippen molar-refractivity contribution in [3.8, 4) is 33.7 Å². The molecule has 0 fully saturated rings. The SMILES string of the molecule is c1ccc2ncc(-c3cc(-c4nc5ccccc5o4)ccc3-c3cnc4c(ccc5cccnc54)c3)cc2c1. The van der Waals surface area contributed by atoms with Gasteiger partial charge in [-0.1, -0.05) is 54.6 Å². The van der Waals surface area contributed by atoms with Crippen LogP contribution < -0.4 is 0 Å². The smallest absolute Gasteiger partial charge is 0.227 e. The number of nitrogens with zero attached hydrogens (tertiary/aromatic N) is 4. The number of pyridine rings is 3. The van der Waals surface area contributed by atoms with E-state index < -0.39 is 0 Å². The van der Waals surface area contributed by atoms with Crippen molar-refractivity contribution in [2.45, 2.75) is 0 Å². The van der Waals surface area contributed by atoms with Gasteiger partial charge in [0.2, 0.25) is 5.89 Å². The van der Waals surface area contributed by atoms with Crippen LogP contribution in [0.5, 0.6) is 0 Å². The van der Waals surface area contributed by atoms with Gasteiger partial charge in [-0.15, -0.1) is 0 Å². The second kappa shape index (κ2) is 8.57. The van der Waals surface area contributed by atoms with Crippen LogP contribution in [0.1, 0.15) is 0 Å². The third-order valence-corrected chi connectivity index (χ3v) is 7.20. The maximum atomic E-state index is 6.11. The van der Waals surface area contributed by atoms with Gasteiger partial charge in [0, 0.05) is 51.4 Å². The molecule has 0 atom stereocenters. The number of rotatable bonds is 3.